The van der Waals surface area contributed by atoms with Crippen LogP contribution in [0.15, 0.2) is 16.7 Å². The van der Waals surface area contributed by atoms with Crippen molar-refractivity contribution in [3.05, 3.63) is 44.3 Å². The third-order valence-electron chi connectivity index (χ3n) is 3.16. The zero-order valence-corrected chi connectivity index (χ0v) is 14.1. The number of nitrogens with zero attached hydrogens (tertiary/aromatic N) is 1. The zero-order valence-electron chi connectivity index (χ0n) is 10.9. The Labute approximate surface area is 133 Å². The number of hydrogen-bond acceptors (Lipinski definition) is 1. The van der Waals surface area contributed by atoms with Gasteiger partial charge >= 0.3 is 5.97 Å². The summed E-state index contributed by atoms with van der Waals surface area (Å²) in [6, 6.07) is 1.98. The number of carboxylic acids is 1. The van der Waals surface area contributed by atoms with Gasteiger partial charge in [0, 0.05) is 27.8 Å². The molecule has 2 heterocycles. The molecule has 0 bridgehead atoms. The van der Waals surface area contributed by atoms with Gasteiger partial charge in [-0.3, -0.25) is 8.39 Å². The summed E-state index contributed by atoms with van der Waals surface area (Å²) < 4.78 is 2.81. The van der Waals surface area contributed by atoms with Crippen molar-refractivity contribution in [3.8, 4) is 0 Å². The predicted molar refractivity (Wildman–Crippen MR) is 86.3 cm³/mol. The molecule has 0 fully saturated rings. The molecule has 6 heteroatoms. The first-order valence-electron chi connectivity index (χ1n) is 6.02. The molecule has 0 amide bonds. The molecule has 2 rings (SSSR count). The highest BCUT2D eigenvalue weighted by Gasteiger charge is 2.08. The van der Waals surface area contributed by atoms with Gasteiger partial charge in [-0.2, -0.15) is 0 Å². The van der Waals surface area contributed by atoms with Gasteiger partial charge in [-0.25, -0.2) is 0 Å². The van der Waals surface area contributed by atoms with E-state index in [-0.39, 0.29) is 6.42 Å². The van der Waals surface area contributed by atoms with Crippen LogP contribution in [0.4, 0.5) is 0 Å². The minimum atomic E-state index is -0.797. The highest BCUT2D eigenvalue weighted by atomic mass is 79.9. The van der Waals surface area contributed by atoms with Crippen molar-refractivity contribution >= 4 is 50.7 Å². The topological polar surface area (TPSA) is 58.0 Å². The van der Waals surface area contributed by atoms with Gasteiger partial charge in [0.25, 0.3) is 0 Å². The highest BCUT2D eigenvalue weighted by Crippen LogP contribution is 2.17. The van der Waals surface area contributed by atoms with Crippen LogP contribution in [0.2, 0.25) is 0 Å². The Kier molecular flexibility index (Phi) is 4.55. The smallest absolute Gasteiger partial charge is 0.303 e. The molecule has 0 aromatic carbocycles. The minimum absolute atomic E-state index is 0.112. The molecule has 0 aliphatic carbocycles. The van der Waals surface area contributed by atoms with Gasteiger partial charge in [0.2, 0.25) is 0 Å². The number of aliphatic carboxylic acids is 1. The summed E-state index contributed by atoms with van der Waals surface area (Å²) in [5, 5.41) is 10.5. The first kappa shape index (κ1) is 15.1. The number of H-pyrrole nitrogens is 1. The van der Waals surface area contributed by atoms with E-state index in [2.05, 4.69) is 43.6 Å². The molecule has 2 aromatic heterocycles. The molecule has 0 spiro atoms. The van der Waals surface area contributed by atoms with Crippen LogP contribution in [0, 0.1) is 6.92 Å². The van der Waals surface area contributed by atoms with Crippen LogP contribution in [-0.2, 0) is 11.2 Å². The molecule has 2 N–H and O–H groups in total. The van der Waals surface area contributed by atoms with E-state index in [0.29, 0.717) is 6.42 Å². The van der Waals surface area contributed by atoms with E-state index in [1.165, 1.54) is 0 Å². The Morgan fingerprint density at radius 2 is 2.30 bits per heavy atom. The standard InChI is InChI=1S/C14H14Br2N2O2/c1-8-12(3-4-14(19)20)9(2)17-13(8)6-11-5-10(15)7-18(11)16/h5-7,17H,2-4H2,1H3,(H,19,20). The van der Waals surface area contributed by atoms with E-state index in [1.807, 2.05) is 28.9 Å². The fourth-order valence-corrected chi connectivity index (χ4v) is 3.25. The van der Waals surface area contributed by atoms with Crippen molar-refractivity contribution < 1.29 is 9.90 Å². The minimum Gasteiger partial charge on any atom is -0.481 e. The summed E-state index contributed by atoms with van der Waals surface area (Å²) in [4.78, 5) is 13.9. The molecule has 0 saturated heterocycles. The fourth-order valence-electron chi connectivity index (χ4n) is 2.11. The molecule has 0 aliphatic rings. The number of halogens is 2. The second kappa shape index (κ2) is 6.01. The average molecular weight is 402 g/mol. The van der Waals surface area contributed by atoms with E-state index >= 15 is 0 Å². The lowest BCUT2D eigenvalue weighted by atomic mass is 10.1. The molecule has 2 aromatic rings. The summed E-state index contributed by atoms with van der Waals surface area (Å²) in [7, 11) is 0. The normalized spacial score (nSPS) is 12.1. The number of aromatic amines is 1. The third-order valence-corrected chi connectivity index (χ3v) is 4.20. The van der Waals surface area contributed by atoms with E-state index in [9.17, 15) is 4.79 Å². The van der Waals surface area contributed by atoms with Crippen molar-refractivity contribution in [3.63, 3.8) is 0 Å². The van der Waals surface area contributed by atoms with Gasteiger partial charge in [-0.15, -0.1) is 0 Å². The first-order valence-corrected chi connectivity index (χ1v) is 7.52. The number of carbonyl (C=O) groups is 1. The molecule has 20 heavy (non-hydrogen) atoms. The third kappa shape index (κ3) is 3.24. The molecule has 0 aliphatic heterocycles. The number of carboxylic acid groups (broad SMARTS) is 1. The highest BCUT2D eigenvalue weighted by molar-refractivity contribution is 9.10. The average Bonchev–Trinajstić information content (AvgIpc) is 2.79. The summed E-state index contributed by atoms with van der Waals surface area (Å²) in [5.41, 5.74) is 3.00. The van der Waals surface area contributed by atoms with Crippen LogP contribution in [0.25, 0.3) is 12.7 Å². The van der Waals surface area contributed by atoms with Crippen LogP contribution < -0.4 is 10.7 Å². The Balaban J connectivity index is 2.44. The second-order valence-electron chi connectivity index (χ2n) is 4.55. The van der Waals surface area contributed by atoms with Gasteiger partial charge in [0.15, 0.2) is 0 Å². The van der Waals surface area contributed by atoms with Gasteiger partial charge < -0.3 is 10.1 Å². The van der Waals surface area contributed by atoms with Gasteiger partial charge in [0.05, 0.1) is 21.8 Å². The maximum Gasteiger partial charge on any atom is 0.303 e. The zero-order chi connectivity index (χ0) is 14.9. The Bertz CT molecular complexity index is 759. The lowest BCUT2D eigenvalue weighted by molar-refractivity contribution is -0.136. The molecular formula is C14H14Br2N2O2. The number of rotatable bonds is 4. The fraction of sp³-hybridized carbons (Fsp3) is 0.214. The lowest BCUT2D eigenvalue weighted by Gasteiger charge is -1.97. The van der Waals surface area contributed by atoms with Crippen molar-refractivity contribution in [2.75, 3.05) is 0 Å². The summed E-state index contributed by atoms with van der Waals surface area (Å²) >= 11 is 6.84. The van der Waals surface area contributed by atoms with Crippen LogP contribution >= 0.6 is 32.1 Å². The number of nitrogens with one attached hydrogen (secondary N) is 1. The maximum absolute atomic E-state index is 10.7. The molecular weight excluding hydrogens is 388 g/mol. The van der Waals surface area contributed by atoms with Crippen LogP contribution in [0.3, 0.4) is 0 Å². The van der Waals surface area contributed by atoms with E-state index in [1.54, 1.807) is 0 Å². The quantitative estimate of drug-likeness (QED) is 0.825. The predicted octanol–water partition coefficient (Wildman–Crippen LogP) is 2.30. The van der Waals surface area contributed by atoms with Gasteiger partial charge in [-0.1, -0.05) is 6.58 Å². The lowest BCUT2D eigenvalue weighted by Crippen LogP contribution is -2.10. The molecule has 0 saturated carbocycles. The molecule has 0 unspecified atom stereocenters. The largest absolute Gasteiger partial charge is 0.481 e. The molecule has 4 nitrogen and oxygen atoms in total. The van der Waals surface area contributed by atoms with E-state index < -0.39 is 5.97 Å². The van der Waals surface area contributed by atoms with Crippen molar-refractivity contribution in [1.82, 2.24) is 8.58 Å². The van der Waals surface area contributed by atoms with E-state index in [0.717, 1.165) is 32.0 Å². The monoisotopic (exact) mass is 400 g/mol. The summed E-state index contributed by atoms with van der Waals surface area (Å²) in [5.74, 6) is -0.797. The van der Waals surface area contributed by atoms with Gasteiger partial charge in [-0.05, 0) is 52.5 Å². The summed E-state index contributed by atoms with van der Waals surface area (Å²) in [6.07, 6.45) is 4.50. The van der Waals surface area contributed by atoms with Gasteiger partial charge in [0.1, 0.15) is 0 Å². The first-order chi connectivity index (χ1) is 9.38. The second-order valence-corrected chi connectivity index (χ2v) is 6.23. The van der Waals surface area contributed by atoms with Crippen molar-refractivity contribution in [2.24, 2.45) is 0 Å². The molecule has 0 atom stereocenters. The van der Waals surface area contributed by atoms with Crippen LogP contribution in [0.1, 0.15) is 23.2 Å². The van der Waals surface area contributed by atoms with E-state index in [4.69, 9.17) is 5.11 Å². The number of hydrogen-bond donors (Lipinski definition) is 2. The Morgan fingerprint density at radius 3 is 2.85 bits per heavy atom. The van der Waals surface area contributed by atoms with Crippen LogP contribution in [-0.4, -0.2) is 19.7 Å². The van der Waals surface area contributed by atoms with Crippen LogP contribution in [0.5, 0.6) is 0 Å². The maximum atomic E-state index is 10.7. The van der Waals surface area contributed by atoms with Crippen molar-refractivity contribution in [1.29, 1.82) is 0 Å². The Hall–Kier alpha value is -1.27. The summed E-state index contributed by atoms with van der Waals surface area (Å²) in [6.45, 7) is 5.93. The number of aromatic nitrogens is 2. The Morgan fingerprint density at radius 1 is 1.60 bits per heavy atom. The van der Waals surface area contributed by atoms with Crippen molar-refractivity contribution in [2.45, 2.75) is 19.8 Å². The SMILES string of the molecule is C=c1[nH]c(=Cc2cc(Br)cn2Br)c(C)c1CCC(=O)O. The molecule has 0 radical (unpaired) electrons. The molecule has 106 valence electrons.